The fraction of sp³-hybridized carbons (Fsp3) is 1.00. The van der Waals surface area contributed by atoms with Gasteiger partial charge in [0.05, 0.1) is 12.7 Å². The van der Waals surface area contributed by atoms with E-state index in [-0.39, 0.29) is 13.2 Å². The molecule has 4 N–H and O–H groups in total. The summed E-state index contributed by atoms with van der Waals surface area (Å²) in [6.07, 6.45) is 8.08. The molecular weight excluding hydrogens is 271 g/mol. The SMILES string of the molecule is O=P(O)(O)OCC(O)CCCCCCCCCCO. The molecule has 0 aromatic heterocycles. The van der Waals surface area contributed by atoms with E-state index >= 15 is 0 Å². The van der Waals surface area contributed by atoms with Gasteiger partial charge in [0.1, 0.15) is 0 Å². The summed E-state index contributed by atoms with van der Waals surface area (Å²) in [6.45, 7) is -0.0417. The van der Waals surface area contributed by atoms with E-state index in [1.165, 1.54) is 6.42 Å². The molecule has 7 heteroatoms. The molecule has 0 radical (unpaired) electrons. The standard InChI is InChI=1S/C12H27O6P/c13-10-8-6-4-2-1-3-5-7-9-12(14)11-18-19(15,16)17/h12-14H,1-11H2,(H2,15,16,17). The number of unbranched alkanes of at least 4 members (excludes halogenated alkanes) is 7. The topological polar surface area (TPSA) is 107 Å². The second kappa shape index (κ2) is 11.8. The van der Waals surface area contributed by atoms with Gasteiger partial charge < -0.3 is 20.0 Å². The van der Waals surface area contributed by atoms with Crippen molar-refractivity contribution in [2.45, 2.75) is 63.9 Å². The molecule has 0 fully saturated rings. The third-order valence-corrected chi connectivity index (χ3v) is 3.37. The predicted octanol–water partition coefficient (Wildman–Crippen LogP) is 1.96. The van der Waals surface area contributed by atoms with Crippen LogP contribution in [0.3, 0.4) is 0 Å². The molecule has 0 spiro atoms. The van der Waals surface area contributed by atoms with Crippen molar-refractivity contribution >= 4 is 7.82 Å². The van der Waals surface area contributed by atoms with E-state index in [0.717, 1.165) is 44.9 Å². The van der Waals surface area contributed by atoms with E-state index in [1.54, 1.807) is 0 Å². The van der Waals surface area contributed by atoms with Gasteiger partial charge in [-0.15, -0.1) is 0 Å². The molecule has 19 heavy (non-hydrogen) atoms. The van der Waals surface area contributed by atoms with Crippen molar-refractivity contribution in [2.75, 3.05) is 13.2 Å². The van der Waals surface area contributed by atoms with E-state index in [9.17, 15) is 9.67 Å². The first kappa shape index (κ1) is 19.0. The van der Waals surface area contributed by atoms with Gasteiger partial charge in [-0.2, -0.15) is 0 Å². The largest absolute Gasteiger partial charge is 0.469 e. The van der Waals surface area contributed by atoms with Crippen LogP contribution in [0.25, 0.3) is 0 Å². The molecule has 1 unspecified atom stereocenters. The van der Waals surface area contributed by atoms with E-state index in [2.05, 4.69) is 4.52 Å². The zero-order chi connectivity index (χ0) is 14.6. The molecule has 0 saturated carbocycles. The fourth-order valence-corrected chi connectivity index (χ4v) is 2.19. The summed E-state index contributed by atoms with van der Waals surface area (Å²) in [7, 11) is -4.46. The quantitative estimate of drug-likeness (QED) is 0.306. The lowest BCUT2D eigenvalue weighted by molar-refractivity contribution is 0.0774. The summed E-state index contributed by atoms with van der Waals surface area (Å²) < 4.78 is 14.6. The Morgan fingerprint density at radius 3 is 1.84 bits per heavy atom. The lowest BCUT2D eigenvalue weighted by Gasteiger charge is -2.11. The first-order valence-corrected chi connectivity index (χ1v) is 8.48. The molecule has 0 aliphatic carbocycles. The van der Waals surface area contributed by atoms with Crippen LogP contribution in [-0.2, 0) is 9.09 Å². The Morgan fingerprint density at radius 2 is 1.37 bits per heavy atom. The maximum Gasteiger partial charge on any atom is 0.469 e. The average Bonchev–Trinajstić information content (AvgIpc) is 2.33. The van der Waals surface area contributed by atoms with Crippen LogP contribution in [0, 0.1) is 0 Å². The Labute approximate surface area is 115 Å². The minimum atomic E-state index is -4.46. The summed E-state index contributed by atoms with van der Waals surface area (Å²) in [6, 6.07) is 0. The molecule has 0 aliphatic rings. The fourth-order valence-electron chi connectivity index (χ4n) is 1.82. The molecule has 0 aliphatic heterocycles. The van der Waals surface area contributed by atoms with Gasteiger partial charge in [0, 0.05) is 6.61 Å². The van der Waals surface area contributed by atoms with Gasteiger partial charge in [-0.05, 0) is 12.8 Å². The van der Waals surface area contributed by atoms with Gasteiger partial charge in [0.15, 0.2) is 0 Å². The summed E-state index contributed by atoms with van der Waals surface area (Å²) >= 11 is 0. The molecule has 0 aromatic carbocycles. The second-order valence-corrected chi connectivity index (χ2v) is 6.02. The van der Waals surface area contributed by atoms with Gasteiger partial charge >= 0.3 is 7.82 Å². The van der Waals surface area contributed by atoms with Gasteiger partial charge in [-0.25, -0.2) is 4.57 Å². The van der Waals surface area contributed by atoms with E-state index < -0.39 is 13.9 Å². The zero-order valence-corrected chi connectivity index (χ0v) is 12.3. The number of rotatable bonds is 13. The smallest absolute Gasteiger partial charge is 0.396 e. The summed E-state index contributed by atoms with van der Waals surface area (Å²) in [5.74, 6) is 0. The van der Waals surface area contributed by atoms with Crippen molar-refractivity contribution in [2.24, 2.45) is 0 Å². The highest BCUT2D eigenvalue weighted by Gasteiger charge is 2.16. The molecule has 6 nitrogen and oxygen atoms in total. The Balaban J connectivity index is 3.23. The van der Waals surface area contributed by atoms with Gasteiger partial charge in [-0.1, -0.05) is 44.9 Å². The molecule has 0 bridgehead atoms. The Kier molecular flexibility index (Phi) is 11.8. The van der Waals surface area contributed by atoms with Crippen molar-refractivity contribution in [3.8, 4) is 0 Å². The maximum absolute atomic E-state index is 10.4. The Bertz CT molecular complexity index is 242. The first-order valence-electron chi connectivity index (χ1n) is 6.94. The van der Waals surface area contributed by atoms with Crippen molar-refractivity contribution in [3.63, 3.8) is 0 Å². The molecule has 1 atom stereocenters. The van der Waals surface area contributed by atoms with Crippen LogP contribution in [0.2, 0.25) is 0 Å². The van der Waals surface area contributed by atoms with Crippen LogP contribution >= 0.6 is 7.82 Å². The summed E-state index contributed by atoms with van der Waals surface area (Å²) in [5.41, 5.74) is 0. The van der Waals surface area contributed by atoms with Crippen LogP contribution in [0.5, 0.6) is 0 Å². The Morgan fingerprint density at radius 1 is 0.895 bits per heavy atom. The number of phosphoric ester groups is 1. The molecule has 0 heterocycles. The number of hydrogen-bond donors (Lipinski definition) is 4. The minimum Gasteiger partial charge on any atom is -0.396 e. The monoisotopic (exact) mass is 298 g/mol. The molecular formula is C12H27O6P. The minimum absolute atomic E-state index is 0.272. The highest BCUT2D eigenvalue weighted by molar-refractivity contribution is 7.46. The average molecular weight is 298 g/mol. The summed E-state index contributed by atoms with van der Waals surface area (Å²) in [5, 5.41) is 18.0. The van der Waals surface area contributed by atoms with Crippen LogP contribution in [0.4, 0.5) is 0 Å². The van der Waals surface area contributed by atoms with Crippen molar-refractivity contribution < 1.29 is 29.1 Å². The van der Waals surface area contributed by atoms with Crippen LogP contribution in [-0.4, -0.2) is 39.3 Å². The lowest BCUT2D eigenvalue weighted by atomic mass is 10.1. The molecule has 0 saturated heterocycles. The number of aliphatic hydroxyl groups is 2. The predicted molar refractivity (Wildman–Crippen MR) is 72.6 cm³/mol. The highest BCUT2D eigenvalue weighted by atomic mass is 31.2. The third-order valence-electron chi connectivity index (χ3n) is 2.88. The van der Waals surface area contributed by atoms with Gasteiger partial charge in [0.2, 0.25) is 0 Å². The second-order valence-electron chi connectivity index (χ2n) is 4.78. The van der Waals surface area contributed by atoms with E-state index in [0.29, 0.717) is 6.42 Å². The number of aliphatic hydroxyl groups excluding tert-OH is 2. The number of hydrogen-bond acceptors (Lipinski definition) is 4. The first-order chi connectivity index (χ1) is 8.95. The molecule has 116 valence electrons. The molecule has 0 aromatic rings. The van der Waals surface area contributed by atoms with Crippen LogP contribution in [0.1, 0.15) is 57.8 Å². The van der Waals surface area contributed by atoms with Crippen molar-refractivity contribution in [3.05, 3.63) is 0 Å². The highest BCUT2D eigenvalue weighted by Crippen LogP contribution is 2.35. The third kappa shape index (κ3) is 16.0. The Hall–Kier alpha value is 0.0300. The zero-order valence-electron chi connectivity index (χ0n) is 11.4. The van der Waals surface area contributed by atoms with Crippen LogP contribution < -0.4 is 0 Å². The van der Waals surface area contributed by atoms with Crippen molar-refractivity contribution in [1.82, 2.24) is 0 Å². The van der Waals surface area contributed by atoms with E-state index in [4.69, 9.17) is 14.9 Å². The number of phosphoric acid groups is 1. The lowest BCUT2D eigenvalue weighted by Crippen LogP contribution is -2.14. The van der Waals surface area contributed by atoms with E-state index in [1.807, 2.05) is 0 Å². The van der Waals surface area contributed by atoms with Crippen LogP contribution in [0.15, 0.2) is 0 Å². The summed E-state index contributed by atoms with van der Waals surface area (Å²) in [4.78, 5) is 16.9. The maximum atomic E-state index is 10.4. The van der Waals surface area contributed by atoms with Gasteiger partial charge in [0.25, 0.3) is 0 Å². The van der Waals surface area contributed by atoms with Crippen molar-refractivity contribution in [1.29, 1.82) is 0 Å². The normalized spacial score (nSPS) is 13.7. The molecule has 0 rings (SSSR count). The van der Waals surface area contributed by atoms with Gasteiger partial charge in [-0.3, -0.25) is 4.52 Å². The molecule has 0 amide bonds.